The summed E-state index contributed by atoms with van der Waals surface area (Å²) >= 11 is 0. The quantitative estimate of drug-likeness (QED) is 0.912. The average molecular weight is 285 g/mol. The van der Waals surface area contributed by atoms with E-state index >= 15 is 0 Å². The van der Waals surface area contributed by atoms with Crippen LogP contribution in [0.2, 0.25) is 0 Å². The van der Waals surface area contributed by atoms with Gasteiger partial charge in [0.1, 0.15) is 5.75 Å². The van der Waals surface area contributed by atoms with Crippen LogP contribution in [0, 0.1) is 0 Å². The lowest BCUT2D eigenvalue weighted by atomic mass is 10.1. The molecule has 5 nitrogen and oxygen atoms in total. The molecule has 1 aliphatic rings. The maximum Gasteiger partial charge on any atom is 0.257 e. The molecule has 1 atom stereocenters. The second kappa shape index (κ2) is 5.33. The van der Waals surface area contributed by atoms with Gasteiger partial charge in [-0.05, 0) is 38.2 Å². The molecule has 0 aliphatic carbocycles. The van der Waals surface area contributed by atoms with Crippen molar-refractivity contribution in [2.45, 2.75) is 12.5 Å². The van der Waals surface area contributed by atoms with Gasteiger partial charge >= 0.3 is 0 Å². The largest absolute Gasteiger partial charge is 0.507 e. The van der Waals surface area contributed by atoms with Crippen molar-refractivity contribution in [3.05, 3.63) is 36.0 Å². The molecule has 1 aliphatic heterocycles. The Morgan fingerprint density at radius 1 is 1.48 bits per heavy atom. The van der Waals surface area contributed by atoms with Gasteiger partial charge in [0.15, 0.2) is 0 Å². The van der Waals surface area contributed by atoms with Crippen molar-refractivity contribution in [2.24, 2.45) is 0 Å². The third kappa shape index (κ3) is 2.56. The number of benzene rings is 1. The monoisotopic (exact) mass is 285 g/mol. The van der Waals surface area contributed by atoms with E-state index in [2.05, 4.69) is 16.9 Å². The average Bonchev–Trinajstić information content (AvgIpc) is 2.91. The number of likely N-dealkylation sites (tertiary alicyclic amines) is 1. The van der Waals surface area contributed by atoms with Crippen LogP contribution in [0.25, 0.3) is 10.9 Å². The zero-order valence-corrected chi connectivity index (χ0v) is 12.3. The molecule has 0 saturated carbocycles. The summed E-state index contributed by atoms with van der Waals surface area (Å²) < 4.78 is 0. The molecule has 1 aromatic carbocycles. The summed E-state index contributed by atoms with van der Waals surface area (Å²) in [6.45, 7) is 1.86. The third-order valence-corrected chi connectivity index (χ3v) is 4.19. The van der Waals surface area contributed by atoms with Crippen molar-refractivity contribution < 1.29 is 9.90 Å². The lowest BCUT2D eigenvalue weighted by Gasteiger charge is -2.25. The van der Waals surface area contributed by atoms with Crippen molar-refractivity contribution >= 4 is 16.8 Å². The summed E-state index contributed by atoms with van der Waals surface area (Å²) in [6.07, 6.45) is 2.65. The lowest BCUT2D eigenvalue weighted by Crippen LogP contribution is -2.38. The summed E-state index contributed by atoms with van der Waals surface area (Å²) in [5.41, 5.74) is 1.04. The fraction of sp³-hybridized carbons (Fsp3) is 0.375. The molecule has 2 aromatic rings. The topological polar surface area (TPSA) is 56.7 Å². The van der Waals surface area contributed by atoms with Crippen molar-refractivity contribution in [3.8, 4) is 5.75 Å². The minimum Gasteiger partial charge on any atom is -0.507 e. The second-order valence-corrected chi connectivity index (χ2v) is 5.69. The normalized spacial score (nSPS) is 19.0. The molecule has 21 heavy (non-hydrogen) atoms. The van der Waals surface area contributed by atoms with E-state index in [9.17, 15) is 9.90 Å². The highest BCUT2D eigenvalue weighted by Gasteiger charge is 2.28. The number of nitrogens with zero attached hydrogens (tertiary/aromatic N) is 3. The zero-order chi connectivity index (χ0) is 15.0. The van der Waals surface area contributed by atoms with Gasteiger partial charge in [-0.3, -0.25) is 9.78 Å². The molecule has 5 heteroatoms. The minimum atomic E-state index is -0.152. The number of hydrogen-bond donors (Lipinski definition) is 1. The first-order valence-electron chi connectivity index (χ1n) is 7.09. The van der Waals surface area contributed by atoms with Crippen LogP contribution in [0.4, 0.5) is 0 Å². The number of aromatic hydroxyl groups is 1. The van der Waals surface area contributed by atoms with Gasteiger partial charge in [-0.15, -0.1) is 0 Å². The number of phenolic OH excluding ortho intramolecular Hbond substituents is 1. The molecule has 1 aromatic heterocycles. The molecule has 110 valence electrons. The molecular weight excluding hydrogens is 266 g/mol. The maximum absolute atomic E-state index is 12.6. The van der Waals surface area contributed by atoms with E-state index in [1.165, 1.54) is 0 Å². The molecule has 1 unspecified atom stereocenters. The first-order chi connectivity index (χ1) is 10.1. The summed E-state index contributed by atoms with van der Waals surface area (Å²) in [4.78, 5) is 20.8. The van der Waals surface area contributed by atoms with Crippen LogP contribution in [-0.2, 0) is 0 Å². The Hall–Kier alpha value is -2.14. The Morgan fingerprint density at radius 2 is 2.29 bits per heavy atom. The molecule has 1 amide bonds. The van der Waals surface area contributed by atoms with Gasteiger partial charge in [-0.2, -0.15) is 0 Å². The van der Waals surface area contributed by atoms with Gasteiger partial charge in [-0.1, -0.05) is 6.07 Å². The highest BCUT2D eigenvalue weighted by atomic mass is 16.3. The van der Waals surface area contributed by atoms with E-state index < -0.39 is 0 Å². The Bertz CT molecular complexity index is 686. The van der Waals surface area contributed by atoms with Crippen molar-refractivity contribution in [2.75, 3.05) is 27.2 Å². The molecular formula is C16H19N3O2. The Balaban J connectivity index is 1.92. The van der Waals surface area contributed by atoms with E-state index in [1.807, 2.05) is 12.1 Å². The molecule has 1 saturated heterocycles. The minimum absolute atomic E-state index is 0.0127. The second-order valence-electron chi connectivity index (χ2n) is 5.69. The van der Waals surface area contributed by atoms with Crippen LogP contribution in [-0.4, -0.2) is 59.0 Å². The van der Waals surface area contributed by atoms with Crippen LogP contribution in [0.15, 0.2) is 30.5 Å². The predicted molar refractivity (Wildman–Crippen MR) is 81.4 cm³/mol. The summed E-state index contributed by atoms with van der Waals surface area (Å²) in [7, 11) is 3.85. The number of likely N-dealkylation sites (N-methyl/N-ethyl adjacent to an activating group) is 2. The number of hydrogen-bond acceptors (Lipinski definition) is 4. The van der Waals surface area contributed by atoms with Crippen LogP contribution in [0.1, 0.15) is 16.8 Å². The summed E-state index contributed by atoms with van der Waals surface area (Å²) in [5.74, 6) is -0.140. The number of amides is 1. The van der Waals surface area contributed by atoms with Crippen LogP contribution in [0.5, 0.6) is 5.75 Å². The molecule has 0 spiro atoms. The third-order valence-electron chi connectivity index (χ3n) is 4.19. The summed E-state index contributed by atoms with van der Waals surface area (Å²) in [6, 6.07) is 7.14. The van der Waals surface area contributed by atoms with Crippen LogP contribution < -0.4 is 0 Å². The number of rotatable bonds is 2. The Kier molecular flexibility index (Phi) is 3.51. The number of phenols is 1. The standard InChI is InChI=1S/C16H19N3O2/c1-18-7-5-12(10-18)19(2)16(21)13-9-14-11(8-15(13)20)4-3-6-17-14/h3-4,6,8-9,12,20H,5,7,10H2,1-2H3. The molecule has 2 heterocycles. The molecule has 0 radical (unpaired) electrons. The number of carbonyl (C=O) groups is 1. The maximum atomic E-state index is 12.6. The highest BCUT2D eigenvalue weighted by molar-refractivity contribution is 6.00. The molecule has 0 bridgehead atoms. The number of carbonyl (C=O) groups excluding carboxylic acids is 1. The fourth-order valence-electron chi connectivity index (χ4n) is 2.86. The van der Waals surface area contributed by atoms with Crippen LogP contribution in [0.3, 0.4) is 0 Å². The van der Waals surface area contributed by atoms with Gasteiger partial charge in [0.25, 0.3) is 5.91 Å². The van der Waals surface area contributed by atoms with Crippen molar-refractivity contribution in [1.29, 1.82) is 0 Å². The number of fused-ring (bicyclic) bond motifs is 1. The van der Waals surface area contributed by atoms with E-state index in [4.69, 9.17) is 0 Å². The first kappa shape index (κ1) is 13.8. The predicted octanol–water partition coefficient (Wildman–Crippen LogP) is 1.72. The lowest BCUT2D eigenvalue weighted by molar-refractivity contribution is 0.0734. The molecule has 1 fully saturated rings. The number of pyridine rings is 1. The van der Waals surface area contributed by atoms with Crippen molar-refractivity contribution in [1.82, 2.24) is 14.8 Å². The first-order valence-corrected chi connectivity index (χ1v) is 7.09. The Morgan fingerprint density at radius 3 is 3.00 bits per heavy atom. The van der Waals surface area contributed by atoms with E-state index in [-0.39, 0.29) is 17.7 Å². The van der Waals surface area contributed by atoms with Gasteiger partial charge in [-0.25, -0.2) is 0 Å². The van der Waals surface area contributed by atoms with Crippen LogP contribution >= 0.6 is 0 Å². The Labute approximate surface area is 123 Å². The molecule has 3 rings (SSSR count). The van der Waals surface area contributed by atoms with Gasteiger partial charge in [0.05, 0.1) is 11.1 Å². The smallest absolute Gasteiger partial charge is 0.257 e. The SMILES string of the molecule is CN1CCC(N(C)C(=O)c2cc3ncccc3cc2O)C1. The fourth-order valence-corrected chi connectivity index (χ4v) is 2.86. The highest BCUT2D eigenvalue weighted by Crippen LogP contribution is 2.26. The van der Waals surface area contributed by atoms with E-state index in [0.717, 1.165) is 30.4 Å². The molecule has 1 N–H and O–H groups in total. The van der Waals surface area contributed by atoms with E-state index in [1.54, 1.807) is 30.3 Å². The van der Waals surface area contributed by atoms with Gasteiger partial charge < -0.3 is 14.9 Å². The zero-order valence-electron chi connectivity index (χ0n) is 12.3. The number of aromatic nitrogens is 1. The van der Waals surface area contributed by atoms with Crippen molar-refractivity contribution in [3.63, 3.8) is 0 Å². The van der Waals surface area contributed by atoms with E-state index in [0.29, 0.717) is 5.56 Å². The summed E-state index contributed by atoms with van der Waals surface area (Å²) in [5, 5.41) is 11.0. The van der Waals surface area contributed by atoms with Gasteiger partial charge in [0.2, 0.25) is 0 Å². The van der Waals surface area contributed by atoms with Gasteiger partial charge in [0, 0.05) is 31.2 Å².